The molecule has 0 aliphatic carbocycles. The van der Waals surface area contributed by atoms with E-state index in [9.17, 15) is 0 Å². The molecule has 0 amide bonds. The van der Waals surface area contributed by atoms with E-state index >= 15 is 0 Å². The van der Waals surface area contributed by atoms with Crippen molar-refractivity contribution in [3.63, 3.8) is 0 Å². The number of fused-ring (bicyclic) bond motifs is 12. The molecule has 12 aromatic rings. The normalized spacial score (nSPS) is 12.0. The Morgan fingerprint density at radius 1 is 0.382 bits per heavy atom. The lowest BCUT2D eigenvalue weighted by Gasteiger charge is -2.27. The molecule has 0 atom stereocenters. The highest BCUT2D eigenvalue weighted by molar-refractivity contribution is 6.19. The highest BCUT2D eigenvalue weighted by Gasteiger charge is 2.20. The molecule has 0 fully saturated rings. The summed E-state index contributed by atoms with van der Waals surface area (Å²) >= 11 is 0. The Labute approximate surface area is 315 Å². The number of benzene rings is 10. The molecular weight excluding hydrogens is 673 g/mol. The molecule has 0 saturated carbocycles. The van der Waals surface area contributed by atoms with Gasteiger partial charge in [0.05, 0.1) is 5.69 Å². The standard InChI is InChI=1S/C51H30N2O2/c1-2-10-35-28-36(19-16-31(35)8-1)51-52-45-27-22-34-18-17-33-20-23-37(29-44(33)49(34)50(45)55-51)53(38-24-26-43-42-12-5-6-15-47(42)54-48(43)30-38)46-14-7-13-40-39-11-4-3-9-32(39)21-25-41(40)46/h1-30H. The van der Waals surface area contributed by atoms with Crippen LogP contribution in [0, 0.1) is 0 Å². The van der Waals surface area contributed by atoms with Gasteiger partial charge in [-0.25, -0.2) is 4.98 Å². The smallest absolute Gasteiger partial charge is 0.227 e. The van der Waals surface area contributed by atoms with Crippen LogP contribution < -0.4 is 4.90 Å². The van der Waals surface area contributed by atoms with Gasteiger partial charge in [-0.15, -0.1) is 0 Å². The summed E-state index contributed by atoms with van der Waals surface area (Å²) in [5.74, 6) is 0.616. The van der Waals surface area contributed by atoms with Crippen molar-refractivity contribution in [1.29, 1.82) is 0 Å². The zero-order valence-corrected chi connectivity index (χ0v) is 29.5. The van der Waals surface area contributed by atoms with E-state index in [1.807, 2.05) is 12.1 Å². The molecule has 256 valence electrons. The molecule has 10 aromatic carbocycles. The molecular formula is C51H30N2O2. The van der Waals surface area contributed by atoms with Gasteiger partial charge in [0.25, 0.3) is 0 Å². The predicted molar refractivity (Wildman–Crippen MR) is 229 cm³/mol. The summed E-state index contributed by atoms with van der Waals surface area (Å²) in [7, 11) is 0. The number of nitrogens with zero attached hydrogens (tertiary/aromatic N) is 2. The van der Waals surface area contributed by atoms with Crippen LogP contribution in [-0.2, 0) is 0 Å². The van der Waals surface area contributed by atoms with Gasteiger partial charge in [-0.1, -0.05) is 121 Å². The van der Waals surface area contributed by atoms with Crippen molar-refractivity contribution in [3.8, 4) is 11.5 Å². The van der Waals surface area contributed by atoms with Crippen LogP contribution in [0.15, 0.2) is 191 Å². The van der Waals surface area contributed by atoms with Crippen LogP contribution in [0.4, 0.5) is 17.1 Å². The van der Waals surface area contributed by atoms with Gasteiger partial charge in [-0.3, -0.25) is 0 Å². The largest absolute Gasteiger partial charge is 0.456 e. The van der Waals surface area contributed by atoms with Crippen molar-refractivity contribution in [2.75, 3.05) is 4.90 Å². The SMILES string of the molecule is c1ccc2cc(-c3nc4ccc5ccc6ccc(N(c7ccc8c(c7)oc7ccccc78)c7cccc8c7ccc7ccccc78)cc6c5c4o3)ccc2c1. The van der Waals surface area contributed by atoms with E-state index in [-0.39, 0.29) is 0 Å². The summed E-state index contributed by atoms with van der Waals surface area (Å²) in [6.45, 7) is 0. The minimum Gasteiger partial charge on any atom is -0.456 e. The summed E-state index contributed by atoms with van der Waals surface area (Å²) in [5, 5.41) is 13.8. The molecule has 2 aromatic heterocycles. The first kappa shape index (κ1) is 30.1. The highest BCUT2D eigenvalue weighted by Crippen LogP contribution is 2.44. The second-order valence-electron chi connectivity index (χ2n) is 14.3. The van der Waals surface area contributed by atoms with Crippen molar-refractivity contribution in [3.05, 3.63) is 182 Å². The third-order valence-corrected chi connectivity index (χ3v) is 11.2. The van der Waals surface area contributed by atoms with Crippen molar-refractivity contribution in [2.24, 2.45) is 0 Å². The molecule has 0 aliphatic heterocycles. The molecule has 4 heteroatoms. The van der Waals surface area contributed by atoms with Crippen LogP contribution >= 0.6 is 0 Å². The quantitative estimate of drug-likeness (QED) is 0.171. The van der Waals surface area contributed by atoms with E-state index in [2.05, 4.69) is 175 Å². The minimum absolute atomic E-state index is 0.616. The van der Waals surface area contributed by atoms with Crippen LogP contribution in [0.25, 0.3) is 98.4 Å². The van der Waals surface area contributed by atoms with Crippen molar-refractivity contribution in [1.82, 2.24) is 4.98 Å². The number of aromatic nitrogens is 1. The van der Waals surface area contributed by atoms with Crippen LogP contribution in [0.1, 0.15) is 0 Å². The van der Waals surface area contributed by atoms with Crippen molar-refractivity contribution >= 4 is 104 Å². The summed E-state index contributed by atoms with van der Waals surface area (Å²) < 4.78 is 13.2. The Morgan fingerprint density at radius 3 is 1.98 bits per heavy atom. The maximum absolute atomic E-state index is 6.73. The lowest BCUT2D eigenvalue weighted by molar-refractivity contribution is 0.623. The zero-order valence-electron chi connectivity index (χ0n) is 29.5. The molecule has 4 nitrogen and oxygen atoms in total. The molecule has 0 aliphatic rings. The lowest BCUT2D eigenvalue weighted by Crippen LogP contribution is -2.10. The minimum atomic E-state index is 0.616. The first-order valence-corrected chi connectivity index (χ1v) is 18.6. The Balaban J connectivity index is 1.11. The number of anilines is 3. The molecule has 55 heavy (non-hydrogen) atoms. The number of hydrogen-bond donors (Lipinski definition) is 0. The maximum Gasteiger partial charge on any atom is 0.227 e. The molecule has 2 heterocycles. The van der Waals surface area contributed by atoms with Gasteiger partial charge in [0, 0.05) is 44.5 Å². The van der Waals surface area contributed by atoms with Crippen LogP contribution in [0.3, 0.4) is 0 Å². The Morgan fingerprint density at radius 2 is 1.04 bits per heavy atom. The van der Waals surface area contributed by atoms with E-state index in [0.29, 0.717) is 5.89 Å². The van der Waals surface area contributed by atoms with E-state index < -0.39 is 0 Å². The van der Waals surface area contributed by atoms with Gasteiger partial charge < -0.3 is 13.7 Å². The van der Waals surface area contributed by atoms with Gasteiger partial charge in [0.15, 0.2) is 5.58 Å². The van der Waals surface area contributed by atoms with Crippen LogP contribution in [0.2, 0.25) is 0 Å². The molecule has 0 unspecified atom stereocenters. The average Bonchev–Trinajstić information content (AvgIpc) is 3.85. The fourth-order valence-electron chi connectivity index (χ4n) is 8.59. The topological polar surface area (TPSA) is 42.4 Å². The second-order valence-corrected chi connectivity index (χ2v) is 14.3. The van der Waals surface area contributed by atoms with E-state index in [1.165, 1.54) is 26.9 Å². The zero-order chi connectivity index (χ0) is 36.0. The Kier molecular flexibility index (Phi) is 6.31. The average molecular weight is 703 g/mol. The second kappa shape index (κ2) is 11.5. The fraction of sp³-hybridized carbons (Fsp3) is 0. The summed E-state index contributed by atoms with van der Waals surface area (Å²) in [5.41, 5.74) is 7.44. The summed E-state index contributed by atoms with van der Waals surface area (Å²) in [6.07, 6.45) is 0. The van der Waals surface area contributed by atoms with Gasteiger partial charge in [0.2, 0.25) is 5.89 Å². The molecule has 0 radical (unpaired) electrons. The summed E-state index contributed by atoms with van der Waals surface area (Å²) in [6, 6.07) is 64.6. The van der Waals surface area contributed by atoms with Crippen LogP contribution in [-0.4, -0.2) is 4.98 Å². The van der Waals surface area contributed by atoms with E-state index in [1.54, 1.807) is 0 Å². The predicted octanol–water partition coefficient (Wildman–Crippen LogP) is 14.6. The molecule has 12 rings (SSSR count). The molecule has 0 bridgehead atoms. The van der Waals surface area contributed by atoms with E-state index in [4.69, 9.17) is 13.8 Å². The van der Waals surface area contributed by atoms with Gasteiger partial charge in [0.1, 0.15) is 16.7 Å². The third-order valence-electron chi connectivity index (χ3n) is 11.2. The molecule has 0 saturated heterocycles. The van der Waals surface area contributed by atoms with Crippen LogP contribution in [0.5, 0.6) is 0 Å². The number of oxazole rings is 1. The van der Waals surface area contributed by atoms with Gasteiger partial charge in [-0.2, -0.15) is 0 Å². The number of furan rings is 1. The monoisotopic (exact) mass is 702 g/mol. The number of rotatable bonds is 4. The van der Waals surface area contributed by atoms with Crippen molar-refractivity contribution < 1.29 is 8.83 Å². The Bertz CT molecular complexity index is 3520. The van der Waals surface area contributed by atoms with Gasteiger partial charge in [-0.05, 0) is 97.7 Å². The summed E-state index contributed by atoms with van der Waals surface area (Å²) in [4.78, 5) is 7.38. The van der Waals surface area contributed by atoms with Crippen molar-refractivity contribution in [2.45, 2.75) is 0 Å². The molecule has 0 N–H and O–H groups in total. The lowest BCUT2D eigenvalue weighted by atomic mass is 9.98. The third kappa shape index (κ3) is 4.62. The highest BCUT2D eigenvalue weighted by atomic mass is 16.3. The Hall–Kier alpha value is -7.43. The number of para-hydroxylation sites is 1. The maximum atomic E-state index is 6.73. The van der Waals surface area contributed by atoms with Gasteiger partial charge >= 0.3 is 0 Å². The first-order chi connectivity index (χ1) is 27.2. The fourth-order valence-corrected chi connectivity index (χ4v) is 8.59. The number of hydrogen-bond acceptors (Lipinski definition) is 4. The van der Waals surface area contributed by atoms with E-state index in [0.717, 1.165) is 82.6 Å². The first-order valence-electron chi connectivity index (χ1n) is 18.6. The molecule has 0 spiro atoms.